The first-order chi connectivity index (χ1) is 13.0. The first-order valence-electron chi connectivity index (χ1n) is 8.38. The van der Waals surface area contributed by atoms with Gasteiger partial charge in [-0.2, -0.15) is 0 Å². The van der Waals surface area contributed by atoms with Crippen LogP contribution in [-0.4, -0.2) is 31.2 Å². The molecule has 2 rings (SSSR count). The van der Waals surface area contributed by atoms with Crippen LogP contribution in [0.15, 0.2) is 36.4 Å². The molecule has 8 nitrogen and oxygen atoms in total. The van der Waals surface area contributed by atoms with E-state index in [-0.39, 0.29) is 17.9 Å². The van der Waals surface area contributed by atoms with Crippen LogP contribution in [-0.2, 0) is 11.3 Å². The average Bonchev–Trinajstić information content (AvgIpc) is 2.67. The van der Waals surface area contributed by atoms with Crippen molar-refractivity contribution in [3.63, 3.8) is 0 Å². The molecule has 0 aliphatic rings. The lowest BCUT2D eigenvalue weighted by Gasteiger charge is -2.13. The second kappa shape index (κ2) is 9.42. The molecule has 27 heavy (non-hydrogen) atoms. The Morgan fingerprint density at radius 3 is 2.30 bits per heavy atom. The van der Waals surface area contributed by atoms with Crippen LogP contribution in [0.4, 0.5) is 5.69 Å². The SMILES string of the molecule is CCOc1ccc(C(=O)OCc2cc([N+](=O)[O-])ccc2OC)cc1OCC. The van der Waals surface area contributed by atoms with Gasteiger partial charge in [0, 0.05) is 17.7 Å². The molecule has 0 spiro atoms. The van der Waals surface area contributed by atoms with E-state index in [0.29, 0.717) is 36.0 Å². The Hall–Kier alpha value is -3.29. The molecule has 0 bridgehead atoms. The summed E-state index contributed by atoms with van der Waals surface area (Å²) in [7, 11) is 1.44. The zero-order valence-electron chi connectivity index (χ0n) is 15.4. The maximum Gasteiger partial charge on any atom is 0.338 e. The predicted octanol–water partition coefficient (Wildman–Crippen LogP) is 3.76. The number of benzene rings is 2. The molecule has 144 valence electrons. The maximum absolute atomic E-state index is 12.4. The average molecular weight is 375 g/mol. The van der Waals surface area contributed by atoms with Gasteiger partial charge < -0.3 is 18.9 Å². The van der Waals surface area contributed by atoms with Gasteiger partial charge in [0.05, 0.1) is 30.8 Å². The van der Waals surface area contributed by atoms with Crippen molar-refractivity contribution in [2.45, 2.75) is 20.5 Å². The van der Waals surface area contributed by atoms with E-state index < -0.39 is 10.9 Å². The topological polar surface area (TPSA) is 97.1 Å². The number of non-ortho nitro benzene ring substituents is 1. The van der Waals surface area contributed by atoms with E-state index in [9.17, 15) is 14.9 Å². The van der Waals surface area contributed by atoms with Crippen LogP contribution in [0.5, 0.6) is 17.2 Å². The highest BCUT2D eigenvalue weighted by Gasteiger charge is 2.16. The first kappa shape index (κ1) is 20.0. The summed E-state index contributed by atoms with van der Waals surface area (Å²) in [4.78, 5) is 22.8. The normalized spacial score (nSPS) is 10.2. The Morgan fingerprint density at radius 1 is 1.00 bits per heavy atom. The van der Waals surface area contributed by atoms with Crippen LogP contribution in [0.1, 0.15) is 29.8 Å². The van der Waals surface area contributed by atoms with Crippen molar-refractivity contribution in [1.29, 1.82) is 0 Å². The van der Waals surface area contributed by atoms with Crippen molar-refractivity contribution in [2.24, 2.45) is 0 Å². The number of rotatable bonds is 9. The lowest BCUT2D eigenvalue weighted by atomic mass is 10.2. The number of methoxy groups -OCH3 is 1. The third-order valence-electron chi connectivity index (χ3n) is 3.61. The van der Waals surface area contributed by atoms with E-state index in [2.05, 4.69) is 0 Å². The fourth-order valence-corrected chi connectivity index (χ4v) is 2.40. The number of carbonyl (C=O) groups is 1. The van der Waals surface area contributed by atoms with E-state index in [1.807, 2.05) is 13.8 Å². The van der Waals surface area contributed by atoms with Crippen molar-refractivity contribution >= 4 is 11.7 Å². The zero-order chi connectivity index (χ0) is 19.8. The third kappa shape index (κ3) is 5.10. The number of nitrogens with zero attached hydrogens (tertiary/aromatic N) is 1. The molecular weight excluding hydrogens is 354 g/mol. The molecule has 0 heterocycles. The van der Waals surface area contributed by atoms with Gasteiger partial charge in [-0.3, -0.25) is 10.1 Å². The molecule has 0 aliphatic carbocycles. The molecule has 0 radical (unpaired) electrons. The highest BCUT2D eigenvalue weighted by molar-refractivity contribution is 5.90. The van der Waals surface area contributed by atoms with Crippen LogP contribution in [0.3, 0.4) is 0 Å². The van der Waals surface area contributed by atoms with Crippen LogP contribution in [0.2, 0.25) is 0 Å². The lowest BCUT2D eigenvalue weighted by molar-refractivity contribution is -0.385. The summed E-state index contributed by atoms with van der Waals surface area (Å²) < 4.78 is 21.4. The highest BCUT2D eigenvalue weighted by atomic mass is 16.6. The van der Waals surface area contributed by atoms with E-state index in [1.165, 1.54) is 25.3 Å². The van der Waals surface area contributed by atoms with Crippen molar-refractivity contribution in [3.8, 4) is 17.2 Å². The fraction of sp³-hybridized carbons (Fsp3) is 0.316. The number of ether oxygens (including phenoxy) is 4. The van der Waals surface area contributed by atoms with Crippen molar-refractivity contribution in [3.05, 3.63) is 57.6 Å². The lowest BCUT2D eigenvalue weighted by Crippen LogP contribution is -2.07. The highest BCUT2D eigenvalue weighted by Crippen LogP contribution is 2.29. The van der Waals surface area contributed by atoms with E-state index in [1.54, 1.807) is 18.2 Å². The van der Waals surface area contributed by atoms with Crippen LogP contribution < -0.4 is 14.2 Å². The largest absolute Gasteiger partial charge is 0.496 e. The summed E-state index contributed by atoms with van der Waals surface area (Å²) in [6.45, 7) is 4.40. The van der Waals surface area contributed by atoms with Gasteiger partial charge in [-0.05, 0) is 38.1 Å². The molecule has 0 unspecified atom stereocenters. The molecule has 2 aromatic rings. The zero-order valence-corrected chi connectivity index (χ0v) is 15.4. The number of nitro benzene ring substituents is 1. The van der Waals surface area contributed by atoms with Gasteiger partial charge in [0.15, 0.2) is 11.5 Å². The minimum absolute atomic E-state index is 0.110. The molecule has 0 atom stereocenters. The summed E-state index contributed by atoms with van der Waals surface area (Å²) in [6.07, 6.45) is 0. The Bertz CT molecular complexity index is 820. The van der Waals surface area contributed by atoms with Crippen LogP contribution >= 0.6 is 0 Å². The molecule has 8 heteroatoms. The molecule has 0 aromatic heterocycles. The van der Waals surface area contributed by atoms with Gasteiger partial charge >= 0.3 is 5.97 Å². The first-order valence-corrected chi connectivity index (χ1v) is 8.38. The minimum atomic E-state index is -0.590. The summed E-state index contributed by atoms with van der Waals surface area (Å²) in [5.74, 6) is 0.792. The molecule has 2 aromatic carbocycles. The number of hydrogen-bond acceptors (Lipinski definition) is 7. The number of hydrogen-bond donors (Lipinski definition) is 0. The van der Waals surface area contributed by atoms with Crippen molar-refractivity contribution in [2.75, 3.05) is 20.3 Å². The molecule has 0 saturated heterocycles. The van der Waals surface area contributed by atoms with Gasteiger partial charge in [0.25, 0.3) is 5.69 Å². The number of nitro groups is 1. The molecule has 0 amide bonds. The second-order valence-electron chi connectivity index (χ2n) is 5.36. The predicted molar refractivity (Wildman–Crippen MR) is 97.5 cm³/mol. The van der Waals surface area contributed by atoms with Crippen molar-refractivity contribution in [1.82, 2.24) is 0 Å². The number of esters is 1. The van der Waals surface area contributed by atoms with Gasteiger partial charge in [-0.15, -0.1) is 0 Å². The molecule has 0 fully saturated rings. The second-order valence-corrected chi connectivity index (χ2v) is 5.36. The van der Waals surface area contributed by atoms with E-state index in [0.717, 1.165) is 0 Å². The monoisotopic (exact) mass is 375 g/mol. The van der Waals surface area contributed by atoms with E-state index in [4.69, 9.17) is 18.9 Å². The summed E-state index contributed by atoms with van der Waals surface area (Å²) in [5, 5.41) is 10.9. The van der Waals surface area contributed by atoms with Gasteiger partial charge in [0.1, 0.15) is 12.4 Å². The van der Waals surface area contributed by atoms with Crippen LogP contribution in [0, 0.1) is 10.1 Å². The van der Waals surface area contributed by atoms with Crippen molar-refractivity contribution < 1.29 is 28.7 Å². The maximum atomic E-state index is 12.4. The third-order valence-corrected chi connectivity index (χ3v) is 3.61. The molecular formula is C19H21NO7. The summed E-state index contributed by atoms with van der Waals surface area (Å²) in [5.41, 5.74) is 0.573. The Balaban J connectivity index is 2.17. The molecule has 0 N–H and O–H groups in total. The van der Waals surface area contributed by atoms with Crippen LogP contribution in [0.25, 0.3) is 0 Å². The summed E-state index contributed by atoms with van der Waals surface area (Å²) >= 11 is 0. The molecule has 0 saturated carbocycles. The Labute approximate surface area is 156 Å². The Morgan fingerprint density at radius 2 is 1.67 bits per heavy atom. The standard InChI is InChI=1S/C19H21NO7/c1-4-25-17-8-6-13(11-18(17)26-5-2)19(21)27-12-14-10-15(20(22)23)7-9-16(14)24-3/h6-11H,4-5,12H2,1-3H3. The molecule has 0 aliphatic heterocycles. The van der Waals surface area contributed by atoms with Gasteiger partial charge in [0.2, 0.25) is 0 Å². The summed E-state index contributed by atoms with van der Waals surface area (Å²) in [6, 6.07) is 8.85. The quantitative estimate of drug-likeness (QED) is 0.374. The number of carbonyl (C=O) groups excluding carboxylic acids is 1. The van der Waals surface area contributed by atoms with Gasteiger partial charge in [-0.25, -0.2) is 4.79 Å². The van der Waals surface area contributed by atoms with E-state index >= 15 is 0 Å². The fourth-order valence-electron chi connectivity index (χ4n) is 2.40. The smallest absolute Gasteiger partial charge is 0.338 e. The minimum Gasteiger partial charge on any atom is -0.496 e. The van der Waals surface area contributed by atoms with Gasteiger partial charge in [-0.1, -0.05) is 0 Å². The Kier molecular flexibility index (Phi) is 6.99.